The van der Waals surface area contributed by atoms with E-state index in [1.807, 2.05) is 32.0 Å². The number of pyridine rings is 1. The molecule has 0 radical (unpaired) electrons. The molecule has 2 aromatic rings. The van der Waals surface area contributed by atoms with Crippen molar-refractivity contribution >= 4 is 17.7 Å². The monoisotopic (exact) mass is 471 g/mol. The lowest BCUT2D eigenvalue weighted by Crippen LogP contribution is -2.29. The molecule has 1 aliphatic heterocycles. The number of aliphatic hydroxyl groups is 2. The van der Waals surface area contributed by atoms with Crippen molar-refractivity contribution in [2.24, 2.45) is 0 Å². The molecule has 0 amide bonds. The predicted octanol–water partition coefficient (Wildman–Crippen LogP) is 2.61. The molecule has 0 saturated carbocycles. The number of hydrogen-bond acceptors (Lipinski definition) is 9. The molecule has 1 fully saturated rings. The van der Waals surface area contributed by atoms with Crippen LogP contribution < -0.4 is 20.7 Å². The molecule has 1 aromatic carbocycles. The maximum Gasteiger partial charge on any atom is 0.137 e. The van der Waals surface area contributed by atoms with Gasteiger partial charge in [-0.2, -0.15) is 0 Å². The zero-order valence-corrected chi connectivity index (χ0v) is 20.2. The highest BCUT2D eigenvalue weighted by Crippen LogP contribution is 2.32. The van der Waals surface area contributed by atoms with Gasteiger partial charge in [-0.15, -0.1) is 0 Å². The fourth-order valence-corrected chi connectivity index (χ4v) is 3.88. The Morgan fingerprint density at radius 3 is 2.65 bits per heavy atom. The average Bonchev–Trinajstić information content (AvgIpc) is 2.83. The maximum absolute atomic E-state index is 10.00. The third-order valence-electron chi connectivity index (χ3n) is 5.54. The van der Waals surface area contributed by atoms with Crippen LogP contribution in [0.2, 0.25) is 0 Å². The summed E-state index contributed by atoms with van der Waals surface area (Å²) < 4.78 is 11.3. The molecule has 1 unspecified atom stereocenters. The molecule has 2 heterocycles. The van der Waals surface area contributed by atoms with Gasteiger partial charge >= 0.3 is 0 Å². The number of nitrogens with zero attached hydrogens (tertiary/aromatic N) is 1. The van der Waals surface area contributed by atoms with E-state index in [1.54, 1.807) is 13.1 Å². The van der Waals surface area contributed by atoms with Crippen molar-refractivity contribution in [1.29, 1.82) is 5.41 Å². The van der Waals surface area contributed by atoms with E-state index in [2.05, 4.69) is 16.0 Å². The largest absolute Gasteiger partial charge is 0.491 e. The Balaban J connectivity index is 2.00. The summed E-state index contributed by atoms with van der Waals surface area (Å²) in [5.74, 6) is 1.17. The molecule has 0 aliphatic carbocycles. The smallest absolute Gasteiger partial charge is 0.137 e. The van der Waals surface area contributed by atoms with Crippen LogP contribution in [0.4, 0.5) is 11.5 Å². The second-order valence-electron chi connectivity index (χ2n) is 8.84. The fraction of sp³-hybridized carbons (Fsp3) is 0.520. The first-order valence-electron chi connectivity index (χ1n) is 11.8. The first-order valence-corrected chi connectivity index (χ1v) is 11.8. The Hall–Kier alpha value is -2.72. The summed E-state index contributed by atoms with van der Waals surface area (Å²) in [5, 5.41) is 37.7. The van der Waals surface area contributed by atoms with Crippen molar-refractivity contribution in [2.75, 3.05) is 44.0 Å². The van der Waals surface area contributed by atoms with Crippen LogP contribution in [0.3, 0.4) is 0 Å². The van der Waals surface area contributed by atoms with E-state index in [4.69, 9.17) is 19.9 Å². The highest BCUT2D eigenvalue weighted by Gasteiger charge is 2.19. The number of likely N-dealkylation sites (N-methyl/N-ethyl adjacent to an activating group) is 1. The number of aromatic nitrogens is 1. The minimum Gasteiger partial charge on any atom is -0.491 e. The molecule has 0 spiro atoms. The van der Waals surface area contributed by atoms with Gasteiger partial charge in [0, 0.05) is 49.3 Å². The summed E-state index contributed by atoms with van der Waals surface area (Å²) >= 11 is 0. The molecule has 6 N–H and O–H groups in total. The summed E-state index contributed by atoms with van der Waals surface area (Å²) in [7, 11) is 1.77. The van der Waals surface area contributed by atoms with E-state index in [9.17, 15) is 10.2 Å². The summed E-state index contributed by atoms with van der Waals surface area (Å²) in [6, 6.07) is 7.82. The lowest BCUT2D eigenvalue weighted by atomic mass is 10.0. The SMILES string of the molecule is CNCC(O)COc1cc(CO)cc(-c2cc(NC3CCOCC3)c(C=N)c(NC(C)C)n2)c1. The van der Waals surface area contributed by atoms with Crippen LogP contribution in [-0.2, 0) is 11.3 Å². The fourth-order valence-electron chi connectivity index (χ4n) is 3.88. The van der Waals surface area contributed by atoms with Crippen LogP contribution in [0.5, 0.6) is 5.75 Å². The van der Waals surface area contributed by atoms with Gasteiger partial charge in [0.25, 0.3) is 0 Å². The number of anilines is 2. The molecule has 1 saturated heterocycles. The number of hydrogen-bond donors (Lipinski definition) is 6. The molecule has 186 valence electrons. The van der Waals surface area contributed by atoms with Crippen molar-refractivity contribution in [2.45, 2.75) is 51.5 Å². The molecular formula is C25H37N5O4. The molecule has 3 rings (SSSR count). The zero-order chi connectivity index (χ0) is 24.5. The van der Waals surface area contributed by atoms with Gasteiger partial charge in [0.15, 0.2) is 0 Å². The molecule has 1 atom stereocenters. The average molecular weight is 472 g/mol. The van der Waals surface area contributed by atoms with E-state index in [0.717, 1.165) is 24.1 Å². The molecule has 1 aromatic heterocycles. The number of aliphatic hydroxyl groups excluding tert-OH is 2. The maximum atomic E-state index is 10.00. The van der Waals surface area contributed by atoms with Gasteiger partial charge in [0.2, 0.25) is 0 Å². The molecule has 9 nitrogen and oxygen atoms in total. The third kappa shape index (κ3) is 7.14. The predicted molar refractivity (Wildman–Crippen MR) is 135 cm³/mol. The first-order chi connectivity index (χ1) is 16.4. The minimum absolute atomic E-state index is 0.131. The molecular weight excluding hydrogens is 434 g/mol. The summed E-state index contributed by atoms with van der Waals surface area (Å²) in [5.41, 5.74) is 3.69. The van der Waals surface area contributed by atoms with Gasteiger partial charge in [-0.05, 0) is 63.6 Å². The van der Waals surface area contributed by atoms with E-state index < -0.39 is 6.10 Å². The van der Waals surface area contributed by atoms with Crippen molar-refractivity contribution in [3.05, 3.63) is 35.4 Å². The van der Waals surface area contributed by atoms with Crippen LogP contribution in [0.25, 0.3) is 11.3 Å². The zero-order valence-electron chi connectivity index (χ0n) is 20.2. The van der Waals surface area contributed by atoms with Crippen molar-refractivity contribution in [3.63, 3.8) is 0 Å². The van der Waals surface area contributed by atoms with Gasteiger partial charge in [-0.1, -0.05) is 0 Å². The van der Waals surface area contributed by atoms with Crippen LogP contribution >= 0.6 is 0 Å². The summed E-state index contributed by atoms with van der Waals surface area (Å²) in [6.07, 6.45) is 2.47. The minimum atomic E-state index is -0.645. The molecule has 0 bridgehead atoms. The Morgan fingerprint density at radius 2 is 2.00 bits per heavy atom. The lowest BCUT2D eigenvalue weighted by Gasteiger charge is -2.26. The third-order valence-corrected chi connectivity index (χ3v) is 5.54. The van der Waals surface area contributed by atoms with Crippen molar-refractivity contribution in [1.82, 2.24) is 10.3 Å². The second-order valence-corrected chi connectivity index (χ2v) is 8.84. The highest BCUT2D eigenvalue weighted by molar-refractivity contribution is 5.94. The van der Waals surface area contributed by atoms with Crippen LogP contribution in [0.1, 0.15) is 37.8 Å². The molecule has 9 heteroatoms. The van der Waals surface area contributed by atoms with Crippen LogP contribution in [-0.4, -0.2) is 73.0 Å². The van der Waals surface area contributed by atoms with Crippen molar-refractivity contribution in [3.8, 4) is 17.0 Å². The van der Waals surface area contributed by atoms with Gasteiger partial charge in [0.05, 0.1) is 17.9 Å². The number of ether oxygens (including phenoxy) is 2. The normalized spacial score (nSPS) is 15.2. The summed E-state index contributed by atoms with van der Waals surface area (Å²) in [4.78, 5) is 4.83. The van der Waals surface area contributed by atoms with Crippen LogP contribution in [0.15, 0.2) is 24.3 Å². The Kier molecular flexibility index (Phi) is 9.64. The summed E-state index contributed by atoms with van der Waals surface area (Å²) in [6.45, 7) is 5.89. The van der Waals surface area contributed by atoms with Crippen molar-refractivity contribution < 1.29 is 19.7 Å². The highest BCUT2D eigenvalue weighted by atomic mass is 16.5. The molecule has 34 heavy (non-hydrogen) atoms. The van der Waals surface area contributed by atoms with Gasteiger partial charge in [-0.25, -0.2) is 4.98 Å². The number of benzene rings is 1. The van der Waals surface area contributed by atoms with E-state index in [1.165, 1.54) is 6.21 Å². The van der Waals surface area contributed by atoms with Gasteiger partial charge < -0.3 is 41.0 Å². The Bertz CT molecular complexity index is 947. The van der Waals surface area contributed by atoms with E-state index >= 15 is 0 Å². The topological polar surface area (TPSA) is 132 Å². The van der Waals surface area contributed by atoms with Gasteiger partial charge in [-0.3, -0.25) is 0 Å². The number of rotatable bonds is 12. The quantitative estimate of drug-likeness (QED) is 0.260. The van der Waals surface area contributed by atoms with Crippen LogP contribution in [0, 0.1) is 5.41 Å². The van der Waals surface area contributed by atoms with E-state index in [-0.39, 0.29) is 25.3 Å². The lowest BCUT2D eigenvalue weighted by molar-refractivity contribution is 0.0904. The first kappa shape index (κ1) is 25.9. The Morgan fingerprint density at radius 1 is 1.24 bits per heavy atom. The second kappa shape index (κ2) is 12.7. The standard InChI is InChI=1S/C25H37N5O4/c1-16(2)28-25-22(12-26)24(29-19-4-6-33-7-5-19)11-23(30-25)18-8-17(14-31)9-21(10-18)34-15-20(32)13-27-3/h8-12,16,19-20,26-27,31-32H,4-7,13-15H2,1-3H3,(H2,28,29,30). The Labute approximate surface area is 201 Å². The number of nitrogens with one attached hydrogen (secondary N) is 4. The van der Waals surface area contributed by atoms with E-state index in [0.29, 0.717) is 48.1 Å². The molecule has 1 aliphatic rings. The van der Waals surface area contributed by atoms with Gasteiger partial charge in [0.1, 0.15) is 24.3 Å².